The highest BCUT2D eigenvalue weighted by Gasteiger charge is 2.16. The molecule has 1 amide bonds. The van der Waals surface area contributed by atoms with E-state index in [0.717, 1.165) is 42.1 Å². The van der Waals surface area contributed by atoms with Gasteiger partial charge < -0.3 is 20.2 Å². The average Bonchev–Trinajstić information content (AvgIpc) is 3.24. The van der Waals surface area contributed by atoms with Crippen molar-refractivity contribution in [3.63, 3.8) is 0 Å². The number of aliphatic carboxylic acids is 1. The molecule has 2 rings (SSSR count). The summed E-state index contributed by atoms with van der Waals surface area (Å²) in [5, 5.41) is 15.2. The van der Waals surface area contributed by atoms with Crippen molar-refractivity contribution in [1.82, 2.24) is 10.3 Å². The summed E-state index contributed by atoms with van der Waals surface area (Å²) < 4.78 is 0. The Morgan fingerprint density at radius 1 is 0.912 bits per heavy atom. The molecule has 188 valence electrons. The lowest BCUT2D eigenvalue weighted by atomic mass is 10.0. The van der Waals surface area contributed by atoms with Gasteiger partial charge in [0, 0.05) is 29.9 Å². The van der Waals surface area contributed by atoms with Crippen molar-refractivity contribution in [2.45, 2.75) is 109 Å². The average molecular weight is 468 g/mol. The van der Waals surface area contributed by atoms with Gasteiger partial charge in [-0.15, -0.1) is 0 Å². The fourth-order valence-electron chi connectivity index (χ4n) is 4.34. The van der Waals surface area contributed by atoms with Gasteiger partial charge in [0.15, 0.2) is 0 Å². The van der Waals surface area contributed by atoms with Crippen molar-refractivity contribution >= 4 is 22.8 Å². The van der Waals surface area contributed by atoms with E-state index in [9.17, 15) is 14.7 Å². The fraction of sp³-hybridized carbons (Fsp3) is 0.586. The third-order valence-corrected chi connectivity index (χ3v) is 6.38. The van der Waals surface area contributed by atoms with Gasteiger partial charge in [0.25, 0.3) is 0 Å². The van der Waals surface area contributed by atoms with Crippen molar-refractivity contribution < 1.29 is 14.7 Å². The van der Waals surface area contributed by atoms with Gasteiger partial charge in [-0.25, -0.2) is 0 Å². The van der Waals surface area contributed by atoms with Crippen LogP contribution >= 0.6 is 0 Å². The van der Waals surface area contributed by atoms with Crippen molar-refractivity contribution in [1.29, 1.82) is 0 Å². The quantitative estimate of drug-likeness (QED) is 0.197. The standard InChI is InChI=1S/C29H44N2O3/c1-2-3-4-5-6-7-8-9-10-11-12-13-14-15-16-21-28(32)31-27(29(33)34)22-24-23-30-26-20-18-17-19-25(24)26/h9-10,17-20,23,27,30H,2-8,11-16,21-22H2,1H3,(H,31,32)(H,33,34)/p-1/b10-9-/t27-/m0/s1. The maximum absolute atomic E-state index is 12.3. The van der Waals surface area contributed by atoms with E-state index in [1.54, 1.807) is 6.20 Å². The molecule has 5 heteroatoms. The zero-order valence-corrected chi connectivity index (χ0v) is 21.0. The number of H-pyrrole nitrogens is 1. The molecule has 0 spiro atoms. The first-order valence-corrected chi connectivity index (χ1v) is 13.3. The predicted molar refractivity (Wildman–Crippen MR) is 138 cm³/mol. The van der Waals surface area contributed by atoms with E-state index < -0.39 is 12.0 Å². The van der Waals surface area contributed by atoms with Crippen LogP contribution in [0.2, 0.25) is 0 Å². The molecule has 1 atom stereocenters. The summed E-state index contributed by atoms with van der Waals surface area (Å²) in [5.41, 5.74) is 1.82. The molecule has 0 radical (unpaired) electrons. The minimum Gasteiger partial charge on any atom is -0.548 e. The van der Waals surface area contributed by atoms with Crippen molar-refractivity contribution in [3.05, 3.63) is 48.2 Å². The molecule has 0 unspecified atom stereocenters. The molecule has 0 saturated carbocycles. The molecule has 0 fully saturated rings. The van der Waals surface area contributed by atoms with Gasteiger partial charge in [0.05, 0.1) is 12.0 Å². The van der Waals surface area contributed by atoms with E-state index in [1.165, 1.54) is 57.8 Å². The SMILES string of the molecule is CCCCCCCC/C=C\CCCCCCCC(=O)N[C@@H](Cc1c[nH]c2ccccc12)C(=O)[O-]. The van der Waals surface area contributed by atoms with E-state index in [1.807, 2.05) is 24.3 Å². The number of rotatable bonds is 19. The van der Waals surface area contributed by atoms with Crippen LogP contribution in [-0.2, 0) is 16.0 Å². The van der Waals surface area contributed by atoms with E-state index in [2.05, 4.69) is 29.4 Å². The monoisotopic (exact) mass is 467 g/mol. The predicted octanol–water partition coefficient (Wildman–Crippen LogP) is 5.98. The smallest absolute Gasteiger partial charge is 0.220 e. The Hall–Kier alpha value is -2.56. The Kier molecular flexibility index (Phi) is 13.8. The van der Waals surface area contributed by atoms with Crippen LogP contribution in [0.15, 0.2) is 42.6 Å². The molecule has 1 heterocycles. The third-order valence-electron chi connectivity index (χ3n) is 6.38. The van der Waals surface area contributed by atoms with Crippen molar-refractivity contribution in [2.75, 3.05) is 0 Å². The maximum Gasteiger partial charge on any atom is 0.220 e. The van der Waals surface area contributed by atoms with Crippen LogP contribution < -0.4 is 10.4 Å². The molecule has 2 aromatic rings. The second kappa shape index (κ2) is 17.0. The molecule has 5 nitrogen and oxygen atoms in total. The molecule has 0 saturated heterocycles. The fourth-order valence-corrected chi connectivity index (χ4v) is 4.34. The van der Waals surface area contributed by atoms with E-state index in [4.69, 9.17) is 0 Å². The first-order chi connectivity index (χ1) is 16.6. The number of aromatic nitrogens is 1. The number of para-hydroxylation sites is 1. The van der Waals surface area contributed by atoms with E-state index in [-0.39, 0.29) is 12.3 Å². The first kappa shape index (κ1) is 27.7. The maximum atomic E-state index is 12.3. The van der Waals surface area contributed by atoms with Gasteiger partial charge in [-0.2, -0.15) is 0 Å². The highest BCUT2D eigenvalue weighted by atomic mass is 16.4. The summed E-state index contributed by atoms with van der Waals surface area (Å²) in [6, 6.07) is 6.71. The Morgan fingerprint density at radius 3 is 2.21 bits per heavy atom. The molecule has 0 aliphatic carbocycles. The molecule has 0 aliphatic heterocycles. The second-order valence-electron chi connectivity index (χ2n) is 9.34. The lowest BCUT2D eigenvalue weighted by molar-refractivity contribution is -0.308. The highest BCUT2D eigenvalue weighted by molar-refractivity contribution is 5.86. The number of hydrogen-bond donors (Lipinski definition) is 2. The number of benzene rings is 1. The summed E-state index contributed by atoms with van der Waals surface area (Å²) in [6.45, 7) is 2.25. The van der Waals surface area contributed by atoms with Crippen LogP contribution in [0.3, 0.4) is 0 Å². The van der Waals surface area contributed by atoms with Gasteiger partial charge in [-0.3, -0.25) is 4.79 Å². The van der Waals surface area contributed by atoms with Crippen LogP contribution in [0.25, 0.3) is 10.9 Å². The Morgan fingerprint density at radius 2 is 1.53 bits per heavy atom. The Balaban J connectivity index is 1.52. The van der Waals surface area contributed by atoms with Gasteiger partial charge in [-0.05, 0) is 43.7 Å². The normalized spacial score (nSPS) is 12.4. The van der Waals surface area contributed by atoms with Crippen LogP contribution in [0, 0.1) is 0 Å². The molecule has 1 aromatic carbocycles. The number of carboxylic acids is 1. The second-order valence-corrected chi connectivity index (χ2v) is 9.34. The number of unbranched alkanes of at least 4 members (excludes halogenated alkanes) is 11. The van der Waals surface area contributed by atoms with Crippen molar-refractivity contribution in [3.8, 4) is 0 Å². The molecular formula is C29H43N2O3-. The largest absolute Gasteiger partial charge is 0.548 e. The molecule has 1 aromatic heterocycles. The zero-order valence-electron chi connectivity index (χ0n) is 21.0. The molecular weight excluding hydrogens is 424 g/mol. The number of nitrogens with one attached hydrogen (secondary N) is 2. The van der Waals surface area contributed by atoms with Gasteiger partial charge in [0.1, 0.15) is 0 Å². The topological polar surface area (TPSA) is 85.0 Å². The Bertz CT molecular complexity index is 871. The Labute approximate surface area is 205 Å². The summed E-state index contributed by atoms with van der Waals surface area (Å²) in [7, 11) is 0. The van der Waals surface area contributed by atoms with Crippen molar-refractivity contribution in [2.24, 2.45) is 0 Å². The number of hydrogen-bond acceptors (Lipinski definition) is 3. The minimum atomic E-state index is -1.25. The number of carbonyl (C=O) groups is 2. The van der Waals surface area contributed by atoms with Gasteiger partial charge in [-0.1, -0.05) is 88.6 Å². The first-order valence-electron chi connectivity index (χ1n) is 13.3. The van der Waals surface area contributed by atoms with E-state index in [0.29, 0.717) is 6.42 Å². The van der Waals surface area contributed by atoms with Gasteiger partial charge in [0.2, 0.25) is 5.91 Å². The van der Waals surface area contributed by atoms with Crippen LogP contribution in [-0.4, -0.2) is 22.9 Å². The number of fused-ring (bicyclic) bond motifs is 1. The van der Waals surface area contributed by atoms with Crippen LogP contribution in [0.4, 0.5) is 0 Å². The molecule has 0 aliphatic rings. The zero-order chi connectivity index (χ0) is 24.4. The summed E-state index contributed by atoms with van der Waals surface area (Å²) in [6.07, 6.45) is 22.7. The lowest BCUT2D eigenvalue weighted by Gasteiger charge is -2.19. The lowest BCUT2D eigenvalue weighted by Crippen LogP contribution is -2.49. The van der Waals surface area contributed by atoms with E-state index >= 15 is 0 Å². The molecule has 2 N–H and O–H groups in total. The number of carbonyl (C=O) groups excluding carboxylic acids is 2. The number of carboxylic acid groups (broad SMARTS) is 1. The number of allylic oxidation sites excluding steroid dienone is 2. The van der Waals surface area contributed by atoms with Crippen LogP contribution in [0.5, 0.6) is 0 Å². The highest BCUT2D eigenvalue weighted by Crippen LogP contribution is 2.19. The third kappa shape index (κ3) is 11.0. The van der Waals surface area contributed by atoms with Gasteiger partial charge >= 0.3 is 0 Å². The number of amides is 1. The molecule has 0 bridgehead atoms. The molecule has 34 heavy (non-hydrogen) atoms. The summed E-state index contributed by atoms with van der Waals surface area (Å²) in [5.74, 6) is -1.46. The summed E-state index contributed by atoms with van der Waals surface area (Å²) in [4.78, 5) is 27.0. The minimum absolute atomic E-state index is 0.213. The number of aromatic amines is 1. The summed E-state index contributed by atoms with van der Waals surface area (Å²) >= 11 is 0. The van der Waals surface area contributed by atoms with Crippen LogP contribution in [0.1, 0.15) is 102 Å².